The Kier molecular flexibility index (Phi) is 3.42. The van der Waals surface area contributed by atoms with E-state index in [1.165, 1.54) is 19.3 Å². The Hall–Kier alpha value is -1.78. The highest BCUT2D eigenvalue weighted by atomic mass is 16.2. The maximum absolute atomic E-state index is 12.9. The Balaban J connectivity index is 1.21. The van der Waals surface area contributed by atoms with Gasteiger partial charge >= 0.3 is 6.03 Å². The van der Waals surface area contributed by atoms with E-state index in [9.17, 15) is 4.79 Å². The predicted octanol–water partition coefficient (Wildman–Crippen LogP) is 2.30. The summed E-state index contributed by atoms with van der Waals surface area (Å²) < 4.78 is 0. The number of likely N-dealkylation sites (tertiary alicyclic amines) is 2. The summed E-state index contributed by atoms with van der Waals surface area (Å²) in [5.74, 6) is 3.84. The molecule has 4 atom stereocenters. The Bertz CT molecular complexity index is 595. The first-order valence-electron chi connectivity index (χ1n) is 9.46. The standard InChI is InChI=1S/C19H26N4O/c24-19(22-8-14-4-5-15(7-14)9-22)23-12-16-10-21(11-17(16)13-23)18-3-1-2-6-20-18/h1-3,6,14-17H,4-5,7-13H2/t14-,15+,16-,17+. The van der Waals surface area contributed by atoms with Crippen LogP contribution in [0.5, 0.6) is 0 Å². The lowest BCUT2D eigenvalue weighted by Crippen LogP contribution is -2.48. The molecule has 0 spiro atoms. The van der Waals surface area contributed by atoms with E-state index in [0.717, 1.165) is 56.9 Å². The van der Waals surface area contributed by atoms with Gasteiger partial charge in [-0.2, -0.15) is 0 Å². The molecule has 2 amide bonds. The van der Waals surface area contributed by atoms with Crippen molar-refractivity contribution in [2.75, 3.05) is 44.2 Å². The summed E-state index contributed by atoms with van der Waals surface area (Å²) in [6.45, 7) is 5.94. The molecule has 5 nitrogen and oxygen atoms in total. The number of aromatic nitrogens is 1. The zero-order chi connectivity index (χ0) is 16.1. The number of anilines is 1. The molecule has 4 heterocycles. The number of urea groups is 1. The number of hydrogen-bond donors (Lipinski definition) is 0. The van der Waals surface area contributed by atoms with Crippen molar-refractivity contribution in [1.82, 2.24) is 14.8 Å². The van der Waals surface area contributed by atoms with Gasteiger partial charge in [-0.1, -0.05) is 6.07 Å². The van der Waals surface area contributed by atoms with Gasteiger partial charge in [-0.05, 0) is 43.2 Å². The molecular weight excluding hydrogens is 300 g/mol. The third-order valence-electron chi connectivity index (χ3n) is 6.61. The smallest absolute Gasteiger partial charge is 0.320 e. The van der Waals surface area contributed by atoms with E-state index in [4.69, 9.17) is 0 Å². The molecule has 0 aromatic carbocycles. The van der Waals surface area contributed by atoms with Crippen molar-refractivity contribution in [2.45, 2.75) is 19.3 Å². The van der Waals surface area contributed by atoms with Crippen LogP contribution in [-0.2, 0) is 0 Å². The second kappa shape index (κ2) is 5.64. The molecule has 1 aromatic heterocycles. The molecule has 0 radical (unpaired) electrons. The van der Waals surface area contributed by atoms with Crippen LogP contribution in [0.2, 0.25) is 0 Å². The first-order chi connectivity index (χ1) is 11.8. The first kappa shape index (κ1) is 14.6. The second-order valence-corrected chi connectivity index (χ2v) is 8.25. The molecule has 1 aliphatic carbocycles. The number of fused-ring (bicyclic) bond motifs is 3. The number of nitrogens with zero attached hydrogens (tertiary/aromatic N) is 4. The molecule has 5 rings (SSSR count). The fourth-order valence-corrected chi connectivity index (χ4v) is 5.44. The lowest BCUT2D eigenvalue weighted by molar-refractivity contribution is 0.130. The lowest BCUT2D eigenvalue weighted by atomic mass is 9.99. The molecule has 1 aromatic rings. The largest absolute Gasteiger partial charge is 0.356 e. The lowest BCUT2D eigenvalue weighted by Gasteiger charge is -2.35. The molecule has 24 heavy (non-hydrogen) atoms. The van der Waals surface area contributed by atoms with E-state index >= 15 is 0 Å². The van der Waals surface area contributed by atoms with Gasteiger partial charge in [-0.15, -0.1) is 0 Å². The van der Waals surface area contributed by atoms with Gasteiger partial charge in [0, 0.05) is 57.3 Å². The van der Waals surface area contributed by atoms with E-state index in [1.807, 2.05) is 12.3 Å². The third kappa shape index (κ3) is 2.45. The van der Waals surface area contributed by atoms with E-state index in [-0.39, 0.29) is 0 Å². The Morgan fingerprint density at radius 1 is 0.917 bits per heavy atom. The Labute approximate surface area is 143 Å². The summed E-state index contributed by atoms with van der Waals surface area (Å²) in [6.07, 6.45) is 5.88. The molecule has 4 aliphatic rings. The van der Waals surface area contributed by atoms with Crippen molar-refractivity contribution in [3.63, 3.8) is 0 Å². The van der Waals surface area contributed by atoms with Crippen LogP contribution in [0.1, 0.15) is 19.3 Å². The fraction of sp³-hybridized carbons (Fsp3) is 0.684. The van der Waals surface area contributed by atoms with Gasteiger partial charge in [0.05, 0.1) is 0 Å². The highest BCUT2D eigenvalue weighted by Crippen LogP contribution is 2.38. The number of amides is 2. The summed E-state index contributed by atoms with van der Waals surface area (Å²) in [4.78, 5) is 24.1. The van der Waals surface area contributed by atoms with Crippen molar-refractivity contribution >= 4 is 11.8 Å². The fourth-order valence-electron chi connectivity index (χ4n) is 5.44. The van der Waals surface area contributed by atoms with E-state index in [1.54, 1.807) is 0 Å². The van der Waals surface area contributed by atoms with Gasteiger partial charge < -0.3 is 14.7 Å². The van der Waals surface area contributed by atoms with Crippen LogP contribution in [0.4, 0.5) is 10.6 Å². The van der Waals surface area contributed by atoms with Crippen LogP contribution in [0.15, 0.2) is 24.4 Å². The van der Waals surface area contributed by atoms with Crippen molar-refractivity contribution in [1.29, 1.82) is 0 Å². The number of carbonyl (C=O) groups excluding carboxylic acids is 1. The summed E-state index contributed by atoms with van der Waals surface area (Å²) in [6, 6.07) is 6.42. The molecule has 5 heteroatoms. The monoisotopic (exact) mass is 326 g/mol. The molecule has 2 bridgehead atoms. The minimum absolute atomic E-state index is 0.311. The minimum Gasteiger partial charge on any atom is -0.356 e. The van der Waals surface area contributed by atoms with Crippen LogP contribution in [0.3, 0.4) is 0 Å². The van der Waals surface area contributed by atoms with Crippen LogP contribution in [0, 0.1) is 23.7 Å². The topological polar surface area (TPSA) is 39.7 Å². The summed E-state index contributed by atoms with van der Waals surface area (Å²) in [5, 5.41) is 0. The minimum atomic E-state index is 0.311. The predicted molar refractivity (Wildman–Crippen MR) is 92.8 cm³/mol. The van der Waals surface area contributed by atoms with E-state index < -0.39 is 0 Å². The molecule has 1 saturated carbocycles. The molecule has 3 saturated heterocycles. The maximum Gasteiger partial charge on any atom is 0.320 e. The van der Waals surface area contributed by atoms with Crippen molar-refractivity contribution in [3.8, 4) is 0 Å². The molecular formula is C19H26N4O. The molecule has 128 valence electrons. The quantitative estimate of drug-likeness (QED) is 0.795. The average molecular weight is 326 g/mol. The number of carbonyl (C=O) groups is 1. The van der Waals surface area contributed by atoms with Gasteiger partial charge in [0.25, 0.3) is 0 Å². The SMILES string of the molecule is O=C(N1C[C@@H]2CC[C@@H](C2)C1)N1C[C@@H]2CN(c3ccccn3)C[C@@H]2C1. The average Bonchev–Trinajstić information content (AvgIpc) is 3.27. The van der Waals surface area contributed by atoms with Crippen LogP contribution in [-0.4, -0.2) is 60.1 Å². The number of hydrogen-bond acceptors (Lipinski definition) is 3. The number of pyridine rings is 1. The van der Waals surface area contributed by atoms with Crippen molar-refractivity contribution in [2.24, 2.45) is 23.7 Å². The Morgan fingerprint density at radius 3 is 2.21 bits per heavy atom. The normalized spacial score (nSPS) is 34.8. The molecule has 0 N–H and O–H groups in total. The van der Waals surface area contributed by atoms with Crippen LogP contribution < -0.4 is 4.90 Å². The third-order valence-corrected chi connectivity index (χ3v) is 6.61. The van der Waals surface area contributed by atoms with Gasteiger partial charge in [0.2, 0.25) is 0 Å². The highest BCUT2D eigenvalue weighted by molar-refractivity contribution is 5.75. The molecule has 0 unspecified atom stereocenters. The molecule has 4 fully saturated rings. The summed E-state index contributed by atoms with van der Waals surface area (Å²) in [5.41, 5.74) is 0. The first-order valence-corrected chi connectivity index (χ1v) is 9.46. The maximum atomic E-state index is 12.9. The van der Waals surface area contributed by atoms with Crippen molar-refractivity contribution in [3.05, 3.63) is 24.4 Å². The molecule has 3 aliphatic heterocycles. The summed E-state index contributed by atoms with van der Waals surface area (Å²) >= 11 is 0. The van der Waals surface area contributed by atoms with Crippen LogP contribution in [0.25, 0.3) is 0 Å². The van der Waals surface area contributed by atoms with E-state index in [0.29, 0.717) is 17.9 Å². The Morgan fingerprint density at radius 2 is 1.58 bits per heavy atom. The van der Waals surface area contributed by atoms with E-state index in [2.05, 4.69) is 31.8 Å². The van der Waals surface area contributed by atoms with Crippen LogP contribution >= 0.6 is 0 Å². The highest BCUT2D eigenvalue weighted by Gasteiger charge is 2.44. The summed E-state index contributed by atoms with van der Waals surface area (Å²) in [7, 11) is 0. The number of piperidine rings is 1. The van der Waals surface area contributed by atoms with Gasteiger partial charge in [-0.25, -0.2) is 9.78 Å². The van der Waals surface area contributed by atoms with Crippen molar-refractivity contribution < 1.29 is 4.79 Å². The van der Waals surface area contributed by atoms with Gasteiger partial charge in [0.15, 0.2) is 0 Å². The second-order valence-electron chi connectivity index (χ2n) is 8.25. The van der Waals surface area contributed by atoms with Gasteiger partial charge in [-0.3, -0.25) is 0 Å². The zero-order valence-corrected chi connectivity index (χ0v) is 14.2. The zero-order valence-electron chi connectivity index (χ0n) is 14.2. The van der Waals surface area contributed by atoms with Gasteiger partial charge in [0.1, 0.15) is 5.82 Å². The number of rotatable bonds is 1.